The lowest BCUT2D eigenvalue weighted by Gasteiger charge is -1.91. The second kappa shape index (κ2) is 4.90. The summed E-state index contributed by atoms with van der Waals surface area (Å²) in [6.07, 6.45) is -1.25. The van der Waals surface area contributed by atoms with Crippen molar-refractivity contribution < 1.29 is 18.3 Å². The third-order valence-corrected chi connectivity index (χ3v) is 0.710. The van der Waals surface area contributed by atoms with Gasteiger partial charge in [-0.15, -0.1) is 0 Å². The predicted octanol–water partition coefficient (Wildman–Crippen LogP) is 1.37. The molecular formula is C6H8F2O2. The van der Waals surface area contributed by atoms with Crippen LogP contribution >= 0.6 is 0 Å². The molecule has 0 saturated heterocycles. The monoisotopic (exact) mass is 150 g/mol. The first-order valence-electron chi connectivity index (χ1n) is 2.78. The first-order valence-corrected chi connectivity index (χ1v) is 2.78. The molecule has 0 aromatic carbocycles. The average molecular weight is 150 g/mol. The van der Waals surface area contributed by atoms with E-state index in [1.165, 1.54) is 0 Å². The number of ether oxygens (including phenoxy) is 1. The zero-order chi connectivity index (χ0) is 7.98. The van der Waals surface area contributed by atoms with E-state index < -0.39 is 12.2 Å². The van der Waals surface area contributed by atoms with Crippen molar-refractivity contribution in [2.75, 3.05) is 6.61 Å². The molecule has 0 N–H and O–H groups in total. The first kappa shape index (κ1) is 9.07. The maximum Gasteiger partial charge on any atom is 0.300 e. The molecule has 0 spiro atoms. The largest absolute Gasteiger partial charge is 0.501 e. The van der Waals surface area contributed by atoms with Crippen molar-refractivity contribution >= 4 is 5.78 Å². The molecule has 0 radical (unpaired) electrons. The van der Waals surface area contributed by atoms with Crippen LogP contribution in [0.15, 0.2) is 12.3 Å². The number of halogens is 2. The number of carbonyl (C=O) groups excluding carboxylic acids is 1. The van der Waals surface area contributed by atoms with Crippen molar-refractivity contribution in [1.29, 1.82) is 0 Å². The quantitative estimate of drug-likeness (QED) is 0.447. The lowest BCUT2D eigenvalue weighted by atomic mass is 10.4. The summed E-state index contributed by atoms with van der Waals surface area (Å²) >= 11 is 0. The number of allylic oxidation sites excluding steroid dienone is 1. The van der Waals surface area contributed by atoms with Crippen LogP contribution in [0.2, 0.25) is 0 Å². The summed E-state index contributed by atoms with van der Waals surface area (Å²) in [6.45, 7) is 2.06. The summed E-state index contributed by atoms with van der Waals surface area (Å²) < 4.78 is 27.3. The van der Waals surface area contributed by atoms with Gasteiger partial charge in [0.2, 0.25) is 5.78 Å². The highest BCUT2D eigenvalue weighted by Gasteiger charge is 2.10. The van der Waals surface area contributed by atoms with Crippen LogP contribution in [0.1, 0.15) is 6.92 Å². The predicted molar refractivity (Wildman–Crippen MR) is 31.8 cm³/mol. The van der Waals surface area contributed by atoms with Crippen LogP contribution in [0.4, 0.5) is 8.78 Å². The van der Waals surface area contributed by atoms with Crippen molar-refractivity contribution in [3.05, 3.63) is 12.3 Å². The maximum absolute atomic E-state index is 11.4. The Kier molecular flexibility index (Phi) is 4.45. The summed E-state index contributed by atoms with van der Waals surface area (Å²) in [6, 6.07) is 0. The van der Waals surface area contributed by atoms with Gasteiger partial charge in [-0.3, -0.25) is 4.79 Å². The van der Waals surface area contributed by atoms with Gasteiger partial charge >= 0.3 is 0 Å². The molecule has 0 aromatic rings. The standard InChI is InChI=1S/C6H8F2O2/c1-2-10-4-3-5(9)6(7)8/h3-4,6H,2H2,1H3/b4-3-. The highest BCUT2D eigenvalue weighted by atomic mass is 19.3. The number of alkyl halides is 2. The van der Waals surface area contributed by atoms with E-state index in [1.807, 2.05) is 0 Å². The summed E-state index contributed by atoms with van der Waals surface area (Å²) in [5.41, 5.74) is 0. The molecule has 0 aliphatic rings. The molecule has 0 heterocycles. The molecule has 0 saturated carbocycles. The molecule has 4 heteroatoms. The van der Waals surface area contributed by atoms with E-state index in [4.69, 9.17) is 0 Å². The molecule has 0 aliphatic heterocycles. The Labute approximate surface area is 57.5 Å². The van der Waals surface area contributed by atoms with Crippen molar-refractivity contribution in [2.45, 2.75) is 13.3 Å². The van der Waals surface area contributed by atoms with Gasteiger partial charge in [0.05, 0.1) is 12.9 Å². The van der Waals surface area contributed by atoms with E-state index in [1.54, 1.807) is 6.92 Å². The van der Waals surface area contributed by atoms with Crippen molar-refractivity contribution in [2.24, 2.45) is 0 Å². The third-order valence-electron chi connectivity index (χ3n) is 0.710. The fourth-order valence-electron chi connectivity index (χ4n) is 0.284. The normalized spacial score (nSPS) is 10.8. The average Bonchev–Trinajstić information content (AvgIpc) is 1.88. The molecule has 10 heavy (non-hydrogen) atoms. The van der Waals surface area contributed by atoms with Crippen molar-refractivity contribution in [3.8, 4) is 0 Å². The molecule has 0 aromatic heterocycles. The van der Waals surface area contributed by atoms with Crippen LogP contribution in [-0.2, 0) is 9.53 Å². The molecule has 58 valence electrons. The minimum absolute atomic E-state index is 0.368. The van der Waals surface area contributed by atoms with Gasteiger partial charge in [0.1, 0.15) is 0 Å². The minimum Gasteiger partial charge on any atom is -0.501 e. The highest BCUT2D eigenvalue weighted by Crippen LogP contribution is 1.94. The van der Waals surface area contributed by atoms with Crippen molar-refractivity contribution in [1.82, 2.24) is 0 Å². The topological polar surface area (TPSA) is 26.3 Å². The van der Waals surface area contributed by atoms with Crippen LogP contribution in [0.5, 0.6) is 0 Å². The summed E-state index contributed by atoms with van der Waals surface area (Å²) in [4.78, 5) is 10.1. The van der Waals surface area contributed by atoms with Crippen LogP contribution in [0.3, 0.4) is 0 Å². The van der Waals surface area contributed by atoms with E-state index in [0.717, 1.165) is 6.26 Å². The second-order valence-corrected chi connectivity index (χ2v) is 1.46. The zero-order valence-electron chi connectivity index (χ0n) is 5.51. The van der Waals surface area contributed by atoms with Crippen LogP contribution in [0.25, 0.3) is 0 Å². The van der Waals surface area contributed by atoms with E-state index in [0.29, 0.717) is 12.7 Å². The Morgan fingerprint density at radius 3 is 2.70 bits per heavy atom. The minimum atomic E-state index is -2.93. The van der Waals surface area contributed by atoms with Gasteiger partial charge in [-0.05, 0) is 6.92 Å². The van der Waals surface area contributed by atoms with Crippen molar-refractivity contribution in [3.63, 3.8) is 0 Å². The van der Waals surface area contributed by atoms with Gasteiger partial charge in [-0.25, -0.2) is 8.78 Å². The van der Waals surface area contributed by atoms with Crippen LogP contribution in [0, 0.1) is 0 Å². The van der Waals surface area contributed by atoms with E-state index in [9.17, 15) is 13.6 Å². The van der Waals surface area contributed by atoms with Crippen LogP contribution in [-0.4, -0.2) is 18.8 Å². The SMILES string of the molecule is CCO/C=C\C(=O)C(F)F. The molecule has 0 unspecified atom stereocenters. The molecular weight excluding hydrogens is 142 g/mol. The van der Waals surface area contributed by atoms with Gasteiger partial charge in [-0.1, -0.05) is 0 Å². The summed E-state index contributed by atoms with van der Waals surface area (Å²) in [5.74, 6) is -1.23. The van der Waals surface area contributed by atoms with Crippen LogP contribution < -0.4 is 0 Å². The molecule has 2 nitrogen and oxygen atoms in total. The lowest BCUT2D eigenvalue weighted by molar-refractivity contribution is -0.124. The first-order chi connectivity index (χ1) is 4.68. The van der Waals surface area contributed by atoms with Gasteiger partial charge < -0.3 is 4.74 Å². The number of hydrogen-bond donors (Lipinski definition) is 0. The lowest BCUT2D eigenvalue weighted by Crippen LogP contribution is -2.05. The molecule has 0 rings (SSSR count). The Bertz CT molecular complexity index is 132. The fraction of sp³-hybridized carbons (Fsp3) is 0.500. The van der Waals surface area contributed by atoms with Gasteiger partial charge in [0.25, 0.3) is 6.43 Å². The number of hydrogen-bond acceptors (Lipinski definition) is 2. The van der Waals surface area contributed by atoms with E-state index >= 15 is 0 Å². The summed E-state index contributed by atoms with van der Waals surface area (Å²) in [5, 5.41) is 0. The second-order valence-electron chi connectivity index (χ2n) is 1.46. The Morgan fingerprint density at radius 2 is 2.30 bits per heavy atom. The molecule has 0 bridgehead atoms. The molecule has 0 aliphatic carbocycles. The summed E-state index contributed by atoms with van der Waals surface area (Å²) in [7, 11) is 0. The van der Waals surface area contributed by atoms with Gasteiger partial charge in [-0.2, -0.15) is 0 Å². The number of carbonyl (C=O) groups is 1. The van der Waals surface area contributed by atoms with E-state index in [2.05, 4.69) is 4.74 Å². The van der Waals surface area contributed by atoms with E-state index in [-0.39, 0.29) is 0 Å². The van der Waals surface area contributed by atoms with Gasteiger partial charge in [0, 0.05) is 6.08 Å². The Balaban J connectivity index is 3.56. The highest BCUT2D eigenvalue weighted by molar-refractivity contribution is 5.91. The Hall–Kier alpha value is -0.930. The molecule has 0 atom stereocenters. The fourth-order valence-corrected chi connectivity index (χ4v) is 0.284. The smallest absolute Gasteiger partial charge is 0.300 e. The molecule has 0 fully saturated rings. The number of rotatable bonds is 4. The third kappa shape index (κ3) is 4.00. The maximum atomic E-state index is 11.4. The van der Waals surface area contributed by atoms with Gasteiger partial charge in [0.15, 0.2) is 0 Å². The Morgan fingerprint density at radius 1 is 1.70 bits per heavy atom. The zero-order valence-corrected chi connectivity index (χ0v) is 5.51. The number of ketones is 1. The molecule has 0 amide bonds.